The maximum absolute atomic E-state index is 13.9. The highest BCUT2D eigenvalue weighted by Gasteiger charge is 2.41. The lowest BCUT2D eigenvalue weighted by atomic mass is 9.87. The van der Waals surface area contributed by atoms with Gasteiger partial charge in [-0.1, -0.05) is 75.6 Å². The van der Waals surface area contributed by atoms with Crippen molar-refractivity contribution in [3.8, 4) is 5.75 Å². The fourth-order valence-electron chi connectivity index (χ4n) is 4.82. The van der Waals surface area contributed by atoms with Crippen molar-refractivity contribution in [3.05, 3.63) is 65.7 Å². The zero-order valence-corrected chi connectivity index (χ0v) is 23.4. The van der Waals surface area contributed by atoms with Crippen molar-refractivity contribution in [2.75, 3.05) is 7.11 Å². The third kappa shape index (κ3) is 8.51. The molecule has 2 aromatic rings. The molecule has 8 heteroatoms. The third-order valence-corrected chi connectivity index (χ3v) is 8.60. The number of amides is 2. The summed E-state index contributed by atoms with van der Waals surface area (Å²) in [6.45, 7) is 3.83. The molecule has 1 aliphatic rings. The van der Waals surface area contributed by atoms with E-state index in [0.29, 0.717) is 12.2 Å². The lowest BCUT2D eigenvalue weighted by Crippen LogP contribution is -2.56. The van der Waals surface area contributed by atoms with E-state index in [-0.39, 0.29) is 18.2 Å². The number of rotatable bonds is 13. The van der Waals surface area contributed by atoms with Crippen molar-refractivity contribution in [1.82, 2.24) is 10.6 Å². The van der Waals surface area contributed by atoms with Crippen molar-refractivity contribution in [1.29, 1.82) is 0 Å². The highest BCUT2D eigenvalue weighted by Crippen LogP contribution is 2.42. The summed E-state index contributed by atoms with van der Waals surface area (Å²) in [6.07, 6.45) is 5.07. The van der Waals surface area contributed by atoms with Crippen LogP contribution in [0.1, 0.15) is 63.5 Å². The molecular weight excluding hydrogens is 500 g/mol. The van der Waals surface area contributed by atoms with Gasteiger partial charge in [-0.05, 0) is 48.4 Å². The monoisotopic (exact) mass is 540 g/mol. The maximum atomic E-state index is 13.9. The molecule has 0 spiro atoms. The molecule has 0 bridgehead atoms. The smallest absolute Gasteiger partial charge is 0.326 e. The summed E-state index contributed by atoms with van der Waals surface area (Å²) in [7, 11) is 1.63. The molecule has 1 aliphatic carbocycles. The number of methoxy groups -OCH3 is 1. The molecule has 0 heterocycles. The number of carbonyl (C=O) groups excluding carboxylic acids is 2. The van der Waals surface area contributed by atoms with Crippen LogP contribution in [0.25, 0.3) is 0 Å². The number of carboxylic acid groups (broad SMARTS) is 1. The highest BCUT2D eigenvalue weighted by molar-refractivity contribution is 8.00. The molecule has 2 amide bonds. The molecule has 0 aliphatic heterocycles. The first-order valence-corrected chi connectivity index (χ1v) is 14.4. The van der Waals surface area contributed by atoms with E-state index in [1.807, 2.05) is 68.4 Å². The Morgan fingerprint density at radius 2 is 1.58 bits per heavy atom. The zero-order chi connectivity index (χ0) is 27.5. The SMILES string of the molecule is COc1ccc(CSC2(C(=O)N[C@@H](Cc3ccccc3)C(=O)N[C@@H](CC(C)C)C(=O)O)CCCCC2)cc1. The predicted molar refractivity (Wildman–Crippen MR) is 151 cm³/mol. The second-order valence-corrected chi connectivity index (χ2v) is 11.8. The summed E-state index contributed by atoms with van der Waals surface area (Å²) in [4.78, 5) is 39.1. The van der Waals surface area contributed by atoms with E-state index in [1.54, 1.807) is 18.9 Å². The molecule has 1 saturated carbocycles. The van der Waals surface area contributed by atoms with E-state index in [4.69, 9.17) is 4.74 Å². The molecule has 1 fully saturated rings. The first-order valence-electron chi connectivity index (χ1n) is 13.4. The van der Waals surface area contributed by atoms with Gasteiger partial charge in [-0.2, -0.15) is 0 Å². The van der Waals surface area contributed by atoms with Crippen molar-refractivity contribution in [2.24, 2.45) is 5.92 Å². The van der Waals surface area contributed by atoms with E-state index < -0.39 is 28.7 Å². The van der Waals surface area contributed by atoms with E-state index in [0.717, 1.165) is 49.0 Å². The van der Waals surface area contributed by atoms with Crippen molar-refractivity contribution < 1.29 is 24.2 Å². The molecule has 3 rings (SSSR count). The van der Waals surface area contributed by atoms with Crippen LogP contribution in [0.3, 0.4) is 0 Å². The average Bonchev–Trinajstić information content (AvgIpc) is 2.92. The minimum atomic E-state index is -1.07. The summed E-state index contributed by atoms with van der Waals surface area (Å²) in [5.41, 5.74) is 2.00. The normalized spacial score (nSPS) is 16.3. The van der Waals surface area contributed by atoms with Gasteiger partial charge in [0, 0.05) is 12.2 Å². The number of carboxylic acids is 1. The molecule has 0 saturated heterocycles. The summed E-state index contributed by atoms with van der Waals surface area (Å²) in [5.74, 6) is -0.142. The number of ether oxygens (including phenoxy) is 1. The maximum Gasteiger partial charge on any atom is 0.326 e. The molecule has 206 valence electrons. The van der Waals surface area contributed by atoms with Crippen LogP contribution in [0.5, 0.6) is 5.75 Å². The van der Waals surface area contributed by atoms with Crippen LogP contribution in [-0.4, -0.2) is 46.8 Å². The number of aliphatic carboxylic acids is 1. The Labute approximate surface area is 230 Å². The van der Waals surface area contributed by atoms with Gasteiger partial charge in [0.25, 0.3) is 0 Å². The molecule has 38 heavy (non-hydrogen) atoms. The van der Waals surface area contributed by atoms with Gasteiger partial charge in [-0.3, -0.25) is 9.59 Å². The van der Waals surface area contributed by atoms with Gasteiger partial charge in [0.05, 0.1) is 11.9 Å². The molecule has 0 aromatic heterocycles. The van der Waals surface area contributed by atoms with Gasteiger partial charge in [-0.25, -0.2) is 4.79 Å². The molecule has 2 atom stereocenters. The number of thioether (sulfide) groups is 1. The summed E-state index contributed by atoms with van der Waals surface area (Å²) in [5, 5.41) is 15.4. The van der Waals surface area contributed by atoms with Crippen LogP contribution in [0.4, 0.5) is 0 Å². The molecule has 0 radical (unpaired) electrons. The molecule has 7 nitrogen and oxygen atoms in total. The second kappa shape index (κ2) is 14.2. The largest absolute Gasteiger partial charge is 0.497 e. The highest BCUT2D eigenvalue weighted by atomic mass is 32.2. The Morgan fingerprint density at radius 1 is 0.921 bits per heavy atom. The van der Waals surface area contributed by atoms with E-state index in [2.05, 4.69) is 10.6 Å². The fourth-order valence-corrected chi connectivity index (χ4v) is 6.22. The van der Waals surface area contributed by atoms with Crippen LogP contribution < -0.4 is 15.4 Å². The minimum absolute atomic E-state index is 0.0958. The van der Waals surface area contributed by atoms with Gasteiger partial charge in [-0.15, -0.1) is 11.8 Å². The number of benzene rings is 2. The number of hydrogen-bond acceptors (Lipinski definition) is 5. The van der Waals surface area contributed by atoms with Crippen LogP contribution in [0.2, 0.25) is 0 Å². The molecule has 2 aromatic carbocycles. The number of nitrogens with one attached hydrogen (secondary N) is 2. The lowest BCUT2D eigenvalue weighted by molar-refractivity contribution is -0.142. The number of carbonyl (C=O) groups is 3. The number of hydrogen-bond donors (Lipinski definition) is 3. The summed E-state index contributed by atoms with van der Waals surface area (Å²) in [6, 6.07) is 15.4. The molecule has 0 unspecified atom stereocenters. The van der Waals surface area contributed by atoms with Gasteiger partial charge < -0.3 is 20.5 Å². The van der Waals surface area contributed by atoms with Crippen molar-refractivity contribution in [3.63, 3.8) is 0 Å². The third-order valence-electron chi connectivity index (χ3n) is 6.98. The van der Waals surface area contributed by atoms with Gasteiger partial charge >= 0.3 is 5.97 Å². The predicted octanol–water partition coefficient (Wildman–Crippen LogP) is 4.97. The Balaban J connectivity index is 1.79. The Bertz CT molecular complexity index is 1050. The topological polar surface area (TPSA) is 105 Å². The molecular formula is C30H40N2O5S. The average molecular weight is 541 g/mol. The minimum Gasteiger partial charge on any atom is -0.497 e. The first kappa shape index (κ1) is 29.6. The quantitative estimate of drug-likeness (QED) is 0.331. The van der Waals surface area contributed by atoms with Crippen LogP contribution in [0, 0.1) is 5.92 Å². The zero-order valence-electron chi connectivity index (χ0n) is 22.6. The standard InChI is InChI=1S/C30H40N2O5S/c1-21(2)18-26(28(34)35)31-27(33)25(19-22-10-6-4-7-11-22)32-29(36)30(16-8-5-9-17-30)38-20-23-12-14-24(37-3)15-13-23/h4,6-7,10-15,21,25-26H,5,8-9,16-20H2,1-3H3,(H,31,33)(H,32,36)(H,34,35)/t25-,26-/m0/s1. The summed E-state index contributed by atoms with van der Waals surface area (Å²) >= 11 is 1.63. The second-order valence-electron chi connectivity index (χ2n) is 10.4. The Morgan fingerprint density at radius 3 is 2.16 bits per heavy atom. The van der Waals surface area contributed by atoms with Gasteiger partial charge in [0.1, 0.15) is 17.8 Å². The van der Waals surface area contributed by atoms with Crippen LogP contribution in [0.15, 0.2) is 54.6 Å². The van der Waals surface area contributed by atoms with Crippen LogP contribution >= 0.6 is 11.8 Å². The fraction of sp³-hybridized carbons (Fsp3) is 0.500. The van der Waals surface area contributed by atoms with Crippen molar-refractivity contribution in [2.45, 2.75) is 81.4 Å². The Kier molecular flexibility index (Phi) is 11.1. The van der Waals surface area contributed by atoms with Crippen LogP contribution in [-0.2, 0) is 26.6 Å². The van der Waals surface area contributed by atoms with Crippen molar-refractivity contribution >= 4 is 29.5 Å². The first-order chi connectivity index (χ1) is 18.2. The Hall–Kier alpha value is -3.00. The molecule has 3 N–H and O–H groups in total. The van der Waals surface area contributed by atoms with E-state index in [9.17, 15) is 19.5 Å². The lowest BCUT2D eigenvalue weighted by Gasteiger charge is -2.36. The summed E-state index contributed by atoms with van der Waals surface area (Å²) < 4.78 is 4.61. The van der Waals surface area contributed by atoms with Gasteiger partial charge in [0.15, 0.2) is 0 Å². The van der Waals surface area contributed by atoms with Gasteiger partial charge in [0.2, 0.25) is 11.8 Å². The van der Waals surface area contributed by atoms with E-state index >= 15 is 0 Å². The van der Waals surface area contributed by atoms with E-state index in [1.165, 1.54) is 0 Å².